The van der Waals surface area contributed by atoms with Crippen molar-refractivity contribution >= 4 is 325 Å². The predicted molar refractivity (Wildman–Crippen MR) is 500 cm³/mol. The minimum absolute atomic E-state index is 0. The number of imide groups is 3. The van der Waals surface area contributed by atoms with Crippen LogP contribution in [-0.4, -0.2) is 127 Å². The van der Waals surface area contributed by atoms with E-state index in [1.165, 1.54) is 43.3 Å². The molecular weight excluding hydrogens is 2280 g/mol. The van der Waals surface area contributed by atoms with Crippen LogP contribution >= 0.6 is 86.0 Å². The second-order valence-corrected chi connectivity index (χ2v) is 42.1. The molecule has 122 heavy (non-hydrogen) atoms. The van der Waals surface area contributed by atoms with Crippen LogP contribution in [-0.2, 0) is 51.6 Å². The summed E-state index contributed by atoms with van der Waals surface area (Å²) in [6.45, 7) is 2.13. The topological polar surface area (TPSA) is 265 Å². The van der Waals surface area contributed by atoms with Gasteiger partial charge in [-0.15, -0.1) is 35.7 Å². The largest absolute Gasteiger partial charge is 0.482 e. The summed E-state index contributed by atoms with van der Waals surface area (Å²) in [6.07, 6.45) is 0. The van der Waals surface area contributed by atoms with E-state index in [0.717, 1.165) is 145 Å². The summed E-state index contributed by atoms with van der Waals surface area (Å²) >= 11 is 14.8. The van der Waals surface area contributed by atoms with Gasteiger partial charge in [-0.1, -0.05) is 159 Å². The maximum Gasteiger partial charge on any atom is 0.482 e. The standard InChI is InChI=1S/C24H8O6.C23H12BrNO2.C23H13NO2.C23H12NO2.CH3BrIP.CH5N.BH2O2.Br2.2W/c25-21-13-5-1-9-10-2-6-15-20-16(24(28)30-23(15)27)8-4-12(18(10)20)11-3-7-14(22(26)29-21)19(13)17(9)11;1-25-22(26)16-7-5-13-11-3-2-4-15-18(24)10-9-12(19(11)15)14-6-8-17(23(25)27)21(16)20(13)14;2*1-24-22(25)17-10-8-15-13-6-2-4-12-5-3-7-14(19(12)13)16-9-11-18(23(24)26)21(17)20(15)16;1-4(2)3;1-2;2-1-3;1-2;;/h1-8H;2-10H,1H3;2-11H,1H3;2-4,6-11H,1H3;1H3;2H2,1H3;2-3H;;;/q;;;-1;;;;;;. The van der Waals surface area contributed by atoms with Gasteiger partial charge in [-0.3, -0.25) is 43.5 Å². The summed E-state index contributed by atoms with van der Waals surface area (Å²) in [5.41, 5.74) is 9.48. The molecule has 1 unspecified atom stereocenters. The van der Waals surface area contributed by atoms with Gasteiger partial charge in [-0.25, -0.2) is 19.2 Å². The molecule has 0 aromatic heterocycles. The molecule has 1 radical (unpaired) electrons. The monoisotopic (exact) mass is 2330 g/mol. The van der Waals surface area contributed by atoms with Crippen molar-refractivity contribution in [1.29, 1.82) is 0 Å². The average Bonchev–Trinajstić information content (AvgIpc) is 0.702. The number of carbonyl (C=O) groups is 10. The predicted octanol–water partition coefficient (Wildman–Crippen LogP) is 22.3. The fourth-order valence-electron chi connectivity index (χ4n) is 18.5. The summed E-state index contributed by atoms with van der Waals surface area (Å²) in [5.74, 6) is -4.09. The van der Waals surface area contributed by atoms with Crippen molar-refractivity contribution < 1.29 is 110 Å². The van der Waals surface area contributed by atoms with Crippen molar-refractivity contribution in [3.8, 4) is 0 Å². The van der Waals surface area contributed by atoms with Gasteiger partial charge in [0.1, 0.15) is 0 Å². The molecule has 20 aromatic rings. The number of cyclic esters (lactones) is 4. The third-order valence-corrected chi connectivity index (χ3v) is 24.0. The Kier molecular flexibility index (Phi) is 23.1. The number of benzene rings is 20. The van der Waals surface area contributed by atoms with Crippen molar-refractivity contribution in [2.45, 2.75) is 0 Å². The van der Waals surface area contributed by atoms with Gasteiger partial charge in [-0.2, -0.15) is 0 Å². The number of amides is 6. The zero-order valence-corrected chi connectivity index (χ0v) is 79.5. The van der Waals surface area contributed by atoms with Crippen LogP contribution in [0, 0.1) is 6.07 Å². The Bertz CT molecular complexity index is 7320. The molecule has 0 fully saturated rings. The number of ether oxygens (including phenoxy) is 2. The minimum atomic E-state index is -0.666. The van der Waals surface area contributed by atoms with Gasteiger partial charge in [0.15, 0.2) is 0 Å². The number of hydrogen-bond donors (Lipinski definition) is 3. The van der Waals surface area contributed by atoms with E-state index in [1.54, 1.807) is 45.4 Å². The Morgan fingerprint density at radius 3 is 0.836 bits per heavy atom. The second kappa shape index (κ2) is 33.1. The summed E-state index contributed by atoms with van der Waals surface area (Å²) in [7, 11) is 6.13. The van der Waals surface area contributed by atoms with E-state index < -0.39 is 23.9 Å². The van der Waals surface area contributed by atoms with E-state index in [-0.39, 0.29) is 89.5 Å². The number of hydrogen-bond acceptors (Lipinski definition) is 15. The van der Waals surface area contributed by atoms with Crippen LogP contribution in [0.25, 0.3) is 172 Å². The molecule has 25 rings (SSSR count). The van der Waals surface area contributed by atoms with Crippen molar-refractivity contribution in [3.05, 3.63) is 285 Å². The second-order valence-electron chi connectivity index (χ2n) is 28.9. The van der Waals surface area contributed by atoms with Crippen LogP contribution in [0.3, 0.4) is 0 Å². The first-order valence-electron chi connectivity index (χ1n) is 37.2. The summed E-state index contributed by atoms with van der Waals surface area (Å²) in [4.78, 5) is 129. The number of fused-ring (bicyclic) bond motifs is 8. The Morgan fingerprint density at radius 2 is 0.533 bits per heavy atom. The molecule has 0 bridgehead atoms. The molecule has 5 aliphatic heterocycles. The number of rotatable bonds is 0. The molecule has 5 aliphatic rings. The van der Waals surface area contributed by atoms with E-state index in [2.05, 4.69) is 185 Å². The first kappa shape index (κ1) is 85.3. The zero-order valence-electron chi connectivity index (χ0n) is 64.2. The van der Waals surface area contributed by atoms with Crippen molar-refractivity contribution in [3.63, 3.8) is 0 Å². The minimum Gasteiger partial charge on any atom is -0.429 e. The van der Waals surface area contributed by atoms with E-state index >= 15 is 0 Å². The third kappa shape index (κ3) is 12.8. The summed E-state index contributed by atoms with van der Waals surface area (Å²) in [5, 5.41) is 45.8. The molecule has 595 valence electrons. The average molecular weight is 2330 g/mol. The smallest absolute Gasteiger partial charge is 0.429 e. The molecule has 18 nitrogen and oxygen atoms in total. The van der Waals surface area contributed by atoms with Gasteiger partial charge in [0.05, 0.1) is 22.3 Å². The molecule has 4 N–H and O–H groups in total. The van der Waals surface area contributed by atoms with Gasteiger partial charge >= 0.3 is 31.6 Å². The van der Waals surface area contributed by atoms with E-state index in [1.807, 2.05) is 109 Å². The normalized spacial score (nSPS) is 13.9. The molecule has 0 saturated heterocycles. The fraction of sp³-hybridized carbons (Fsp3) is 0.0526. The molecule has 5 heterocycles. The summed E-state index contributed by atoms with van der Waals surface area (Å²) < 4.78 is 11.0. The van der Waals surface area contributed by atoms with E-state index in [0.29, 0.717) is 66.4 Å². The SMILES string of the molecule is BrBr.CN.CN1C(=O)c2ccc3c4cc[c-]c5cccc(c6ccc(c2c36)C1=O)c54.CN1C(=O)c2ccc3c4cccc5c(Br)ccc(c6ccc(c2c36)C1=O)c54.CN1C(=O)c2ccc3c4cccc5cccc(c6ccc(c2c36)C1=O)c54.CP(Br)I.O=C1OC(=O)c2ccc3c4ccc5c6c(ccc(c7ccc1c2c73)c64)C(=O)OC5=O.O[B]O.[W].[W]. The number of halogens is 5. The first-order chi connectivity index (χ1) is 58.1. The Hall–Kier alpha value is -10.3. The summed E-state index contributed by atoms with van der Waals surface area (Å²) in [6, 6.07) is 73.7. The van der Waals surface area contributed by atoms with Crippen LogP contribution in [0.15, 0.2) is 223 Å². The van der Waals surface area contributed by atoms with Crippen LogP contribution < -0.4 is 5.73 Å². The van der Waals surface area contributed by atoms with Crippen molar-refractivity contribution in [2.24, 2.45) is 5.73 Å². The van der Waals surface area contributed by atoms with Crippen LogP contribution in [0.1, 0.15) is 104 Å². The van der Waals surface area contributed by atoms with E-state index in [4.69, 9.17) is 19.5 Å². The Labute approximate surface area is 767 Å². The maximum atomic E-state index is 12.7. The zero-order chi connectivity index (χ0) is 84.2. The van der Waals surface area contributed by atoms with Gasteiger partial charge < -0.3 is 25.3 Å². The van der Waals surface area contributed by atoms with Crippen molar-refractivity contribution in [2.75, 3.05) is 34.9 Å². The maximum absolute atomic E-state index is 12.7. The molecule has 27 heteroatoms. The molecule has 6 amide bonds. The van der Waals surface area contributed by atoms with Gasteiger partial charge in [0.2, 0.25) is 0 Å². The molecule has 20 aromatic carbocycles. The molecular formula is C95H55BBr4IN4O14PW2-. The van der Waals surface area contributed by atoms with Crippen LogP contribution in [0.4, 0.5) is 0 Å². The first-order valence-corrected chi connectivity index (χ1v) is 48.3. The van der Waals surface area contributed by atoms with Gasteiger partial charge in [-0.05, 0) is 242 Å². The molecule has 0 saturated carbocycles. The van der Waals surface area contributed by atoms with E-state index in [9.17, 15) is 47.9 Å². The number of nitrogens with two attached hydrogens (primary N) is 1. The molecule has 1 atom stereocenters. The van der Waals surface area contributed by atoms with Gasteiger partial charge in [0, 0.05) is 161 Å². The Morgan fingerprint density at radius 1 is 0.320 bits per heavy atom. The third-order valence-electron chi connectivity index (χ3n) is 23.3. The van der Waals surface area contributed by atoms with Gasteiger partial charge in [0.25, 0.3) is 35.4 Å². The van der Waals surface area contributed by atoms with Crippen LogP contribution in [0.5, 0.6) is 0 Å². The van der Waals surface area contributed by atoms with Crippen molar-refractivity contribution in [1.82, 2.24) is 14.7 Å². The van der Waals surface area contributed by atoms with Crippen LogP contribution in [0.2, 0.25) is 0 Å². The number of carbonyl (C=O) groups excluding carboxylic acids is 10. The number of nitrogens with zero attached hydrogens (tertiary/aromatic N) is 3. The fourth-order valence-corrected chi connectivity index (χ4v) is 19.0. The molecule has 0 aliphatic carbocycles. The molecule has 0 spiro atoms. The number of esters is 4. The Balaban J connectivity index is 0.000000115. The quantitative estimate of drug-likeness (QED) is 0.0147.